The first-order valence-electron chi connectivity index (χ1n) is 3.67. The van der Waals surface area contributed by atoms with E-state index in [1.54, 1.807) is 6.07 Å². The van der Waals surface area contributed by atoms with E-state index in [1.165, 1.54) is 5.56 Å². The smallest absolute Gasteiger partial charge is 0.115 e. The molecule has 0 aromatic heterocycles. The molecule has 1 N–H and O–H groups in total. The lowest BCUT2D eigenvalue weighted by Crippen LogP contribution is -1.85. The molecule has 60 valence electrons. The summed E-state index contributed by atoms with van der Waals surface area (Å²) in [6.45, 7) is 2.14. The summed E-state index contributed by atoms with van der Waals surface area (Å²) in [5, 5.41) is 9.15. The maximum Gasteiger partial charge on any atom is 0.115 e. The van der Waals surface area contributed by atoms with Crippen LogP contribution in [-0.2, 0) is 0 Å². The number of alkyl halides is 1. The Kier molecular flexibility index (Phi) is 3.17. The first-order chi connectivity index (χ1) is 5.24. The Morgan fingerprint density at radius 3 is 2.82 bits per heavy atom. The van der Waals surface area contributed by atoms with Gasteiger partial charge in [0.15, 0.2) is 0 Å². The van der Waals surface area contributed by atoms with E-state index in [9.17, 15) is 0 Å². The normalized spacial score (nSPS) is 12.9. The number of rotatable bonds is 2. The molecule has 0 aliphatic carbocycles. The van der Waals surface area contributed by atoms with Crippen molar-refractivity contribution in [1.82, 2.24) is 0 Å². The molecule has 1 aromatic rings. The third-order valence-electron chi connectivity index (χ3n) is 1.59. The molecular formula is C9H11IO. The molecule has 0 heterocycles. The number of aromatic hydroxyl groups is 1. The minimum absolute atomic E-state index is 0.359. The van der Waals surface area contributed by atoms with E-state index in [2.05, 4.69) is 29.5 Å². The summed E-state index contributed by atoms with van der Waals surface area (Å²) >= 11 is 2.38. The molecule has 1 aromatic carbocycles. The molecule has 0 saturated heterocycles. The number of hydrogen-bond acceptors (Lipinski definition) is 1. The Bertz CT molecular complexity index is 235. The minimum atomic E-state index is 0.359. The molecule has 0 saturated carbocycles. The number of benzene rings is 1. The highest BCUT2D eigenvalue weighted by molar-refractivity contribution is 14.1. The zero-order valence-corrected chi connectivity index (χ0v) is 8.58. The summed E-state index contributed by atoms with van der Waals surface area (Å²) in [6, 6.07) is 7.44. The van der Waals surface area contributed by atoms with Gasteiger partial charge >= 0.3 is 0 Å². The second kappa shape index (κ2) is 3.95. The van der Waals surface area contributed by atoms with Crippen LogP contribution in [0.25, 0.3) is 0 Å². The topological polar surface area (TPSA) is 20.2 Å². The summed E-state index contributed by atoms with van der Waals surface area (Å²) in [5.41, 5.74) is 1.20. The first-order valence-corrected chi connectivity index (χ1v) is 4.91. The zero-order chi connectivity index (χ0) is 8.27. The summed E-state index contributed by atoms with van der Waals surface area (Å²) in [7, 11) is 0. The maximum atomic E-state index is 9.15. The Labute approximate surface area is 80.6 Å². The van der Waals surface area contributed by atoms with Gasteiger partial charge in [0, 0.05) is 3.92 Å². The fourth-order valence-corrected chi connectivity index (χ4v) is 1.34. The Hall–Kier alpha value is -0.250. The largest absolute Gasteiger partial charge is 0.508 e. The first kappa shape index (κ1) is 8.84. The molecule has 11 heavy (non-hydrogen) atoms. The lowest BCUT2D eigenvalue weighted by Gasteiger charge is -2.06. The van der Waals surface area contributed by atoms with Gasteiger partial charge in [-0.15, -0.1) is 0 Å². The van der Waals surface area contributed by atoms with E-state index in [1.807, 2.05) is 18.2 Å². The van der Waals surface area contributed by atoms with Crippen LogP contribution in [0.3, 0.4) is 0 Å². The van der Waals surface area contributed by atoms with Crippen molar-refractivity contribution in [2.75, 3.05) is 0 Å². The van der Waals surface area contributed by atoms with Crippen LogP contribution in [0, 0.1) is 0 Å². The standard InChI is InChI=1S/C9H11IO/c1-2-9(10)7-4-3-5-8(11)6-7/h3-6,9,11H,2H2,1H3. The predicted octanol–water partition coefficient (Wildman–Crippen LogP) is 3.28. The molecule has 0 aliphatic rings. The van der Waals surface area contributed by atoms with Crippen LogP contribution in [-0.4, -0.2) is 5.11 Å². The Morgan fingerprint density at radius 2 is 2.27 bits per heavy atom. The average molecular weight is 262 g/mol. The molecule has 0 radical (unpaired) electrons. The molecule has 0 fully saturated rings. The van der Waals surface area contributed by atoms with Crippen molar-refractivity contribution < 1.29 is 5.11 Å². The van der Waals surface area contributed by atoms with Crippen molar-refractivity contribution in [3.8, 4) is 5.75 Å². The fourth-order valence-electron chi connectivity index (χ4n) is 0.955. The second-order valence-electron chi connectivity index (χ2n) is 2.47. The number of hydrogen-bond donors (Lipinski definition) is 1. The zero-order valence-electron chi connectivity index (χ0n) is 6.42. The van der Waals surface area contributed by atoms with Crippen molar-refractivity contribution in [2.45, 2.75) is 17.3 Å². The highest BCUT2D eigenvalue weighted by Gasteiger charge is 2.03. The van der Waals surface area contributed by atoms with Crippen LogP contribution in [0.4, 0.5) is 0 Å². The van der Waals surface area contributed by atoms with Gasteiger partial charge in [-0.25, -0.2) is 0 Å². The lowest BCUT2D eigenvalue weighted by molar-refractivity contribution is 0.474. The van der Waals surface area contributed by atoms with Crippen LogP contribution in [0.15, 0.2) is 24.3 Å². The lowest BCUT2D eigenvalue weighted by atomic mass is 10.1. The van der Waals surface area contributed by atoms with Crippen molar-refractivity contribution >= 4 is 22.6 Å². The third kappa shape index (κ3) is 2.36. The van der Waals surface area contributed by atoms with Gasteiger partial charge in [0.2, 0.25) is 0 Å². The predicted molar refractivity (Wildman–Crippen MR) is 55.2 cm³/mol. The molecule has 1 rings (SSSR count). The van der Waals surface area contributed by atoms with E-state index in [0.29, 0.717) is 9.67 Å². The van der Waals surface area contributed by atoms with Crippen molar-refractivity contribution in [2.24, 2.45) is 0 Å². The van der Waals surface area contributed by atoms with Crippen LogP contribution in [0.2, 0.25) is 0 Å². The molecule has 0 aliphatic heterocycles. The van der Waals surface area contributed by atoms with Crippen LogP contribution < -0.4 is 0 Å². The van der Waals surface area contributed by atoms with E-state index in [-0.39, 0.29) is 0 Å². The van der Waals surface area contributed by atoms with Crippen LogP contribution in [0.5, 0.6) is 5.75 Å². The number of halogens is 1. The quantitative estimate of drug-likeness (QED) is 0.640. The van der Waals surface area contributed by atoms with E-state index in [0.717, 1.165) is 6.42 Å². The monoisotopic (exact) mass is 262 g/mol. The highest BCUT2D eigenvalue weighted by Crippen LogP contribution is 2.28. The van der Waals surface area contributed by atoms with Crippen LogP contribution >= 0.6 is 22.6 Å². The van der Waals surface area contributed by atoms with Gasteiger partial charge in [-0.3, -0.25) is 0 Å². The van der Waals surface area contributed by atoms with Gasteiger partial charge in [0.25, 0.3) is 0 Å². The number of phenolic OH excluding ortho intramolecular Hbond substituents is 1. The van der Waals surface area contributed by atoms with Crippen molar-refractivity contribution in [1.29, 1.82) is 0 Å². The highest BCUT2D eigenvalue weighted by atomic mass is 127. The van der Waals surface area contributed by atoms with Crippen LogP contribution in [0.1, 0.15) is 22.8 Å². The summed E-state index contributed by atoms with van der Waals surface area (Å²) in [4.78, 5) is 0. The van der Waals surface area contributed by atoms with Gasteiger partial charge in [0.05, 0.1) is 0 Å². The van der Waals surface area contributed by atoms with E-state index >= 15 is 0 Å². The Balaban J connectivity index is 2.86. The van der Waals surface area contributed by atoms with Gasteiger partial charge in [0.1, 0.15) is 5.75 Å². The summed E-state index contributed by atoms with van der Waals surface area (Å²) < 4.78 is 0.514. The van der Waals surface area contributed by atoms with Gasteiger partial charge in [-0.2, -0.15) is 0 Å². The minimum Gasteiger partial charge on any atom is -0.508 e. The number of phenols is 1. The third-order valence-corrected chi connectivity index (χ3v) is 3.19. The van der Waals surface area contributed by atoms with E-state index < -0.39 is 0 Å². The SMILES string of the molecule is CCC(I)c1cccc(O)c1. The van der Waals surface area contributed by atoms with Crippen molar-refractivity contribution in [3.63, 3.8) is 0 Å². The summed E-state index contributed by atoms with van der Waals surface area (Å²) in [5.74, 6) is 0.359. The molecule has 0 bridgehead atoms. The fraction of sp³-hybridized carbons (Fsp3) is 0.333. The maximum absolute atomic E-state index is 9.15. The molecule has 0 amide bonds. The molecule has 1 unspecified atom stereocenters. The van der Waals surface area contributed by atoms with Gasteiger partial charge in [-0.05, 0) is 24.1 Å². The van der Waals surface area contributed by atoms with Gasteiger partial charge < -0.3 is 5.11 Å². The van der Waals surface area contributed by atoms with E-state index in [4.69, 9.17) is 5.11 Å². The summed E-state index contributed by atoms with van der Waals surface area (Å²) in [6.07, 6.45) is 1.10. The Morgan fingerprint density at radius 1 is 1.55 bits per heavy atom. The van der Waals surface area contributed by atoms with Gasteiger partial charge in [-0.1, -0.05) is 41.6 Å². The second-order valence-corrected chi connectivity index (χ2v) is 3.97. The molecule has 0 spiro atoms. The molecular weight excluding hydrogens is 251 g/mol. The molecule has 2 heteroatoms. The van der Waals surface area contributed by atoms with Crippen molar-refractivity contribution in [3.05, 3.63) is 29.8 Å². The molecule has 1 atom stereocenters. The average Bonchev–Trinajstić information content (AvgIpc) is 2.03. The molecule has 1 nitrogen and oxygen atoms in total.